The van der Waals surface area contributed by atoms with Gasteiger partial charge in [-0.05, 0) is 55.0 Å². The van der Waals surface area contributed by atoms with Gasteiger partial charge >= 0.3 is 6.18 Å². The molecule has 33 heavy (non-hydrogen) atoms. The summed E-state index contributed by atoms with van der Waals surface area (Å²) in [6.45, 7) is 2.29. The number of hydrogen-bond donors (Lipinski definition) is 1. The van der Waals surface area contributed by atoms with Crippen molar-refractivity contribution < 1.29 is 27.1 Å². The van der Waals surface area contributed by atoms with Crippen molar-refractivity contribution in [1.29, 1.82) is 0 Å². The van der Waals surface area contributed by atoms with Crippen molar-refractivity contribution in [1.82, 2.24) is 9.78 Å². The van der Waals surface area contributed by atoms with Gasteiger partial charge in [0.1, 0.15) is 12.4 Å². The molecule has 0 aliphatic rings. The van der Waals surface area contributed by atoms with Crippen LogP contribution < -0.4 is 5.32 Å². The summed E-state index contributed by atoms with van der Waals surface area (Å²) in [6.07, 6.45) is -1.56. The van der Waals surface area contributed by atoms with Crippen LogP contribution in [0.25, 0.3) is 5.69 Å². The first kappa shape index (κ1) is 22.3. The fraction of sp³-hybridized carbons (Fsp3) is 0.167. The van der Waals surface area contributed by atoms with Crippen LogP contribution in [0.3, 0.4) is 0 Å². The summed E-state index contributed by atoms with van der Waals surface area (Å²) in [5.41, 5.74) is 1.53. The van der Waals surface area contributed by atoms with Crippen molar-refractivity contribution in [3.63, 3.8) is 0 Å². The van der Waals surface area contributed by atoms with Gasteiger partial charge in [0.05, 0.1) is 41.6 Å². The molecule has 1 amide bonds. The number of hydrogen-bond acceptors (Lipinski definition) is 4. The number of rotatable bonds is 7. The van der Waals surface area contributed by atoms with E-state index in [2.05, 4.69) is 10.4 Å². The normalized spacial score (nSPS) is 11.5. The van der Waals surface area contributed by atoms with Crippen LogP contribution in [0.2, 0.25) is 0 Å². The number of benzene rings is 2. The largest absolute Gasteiger partial charge is 0.467 e. The molecule has 0 aliphatic heterocycles. The number of amides is 1. The van der Waals surface area contributed by atoms with Crippen molar-refractivity contribution in [3.8, 4) is 5.69 Å². The smallest absolute Gasteiger partial charge is 0.416 e. The number of anilines is 1. The zero-order valence-electron chi connectivity index (χ0n) is 17.6. The minimum Gasteiger partial charge on any atom is -0.467 e. The van der Waals surface area contributed by atoms with Crippen LogP contribution in [0.4, 0.5) is 18.9 Å². The molecule has 0 saturated carbocycles. The minimum absolute atomic E-state index is 0.220. The van der Waals surface area contributed by atoms with Crippen molar-refractivity contribution >= 4 is 11.6 Å². The monoisotopic (exact) mass is 455 g/mol. The average molecular weight is 455 g/mol. The Hall–Kier alpha value is -3.85. The Kier molecular flexibility index (Phi) is 6.32. The molecule has 6 nitrogen and oxygen atoms in total. The van der Waals surface area contributed by atoms with Crippen LogP contribution in [-0.4, -0.2) is 15.7 Å². The second-order valence-corrected chi connectivity index (χ2v) is 7.33. The number of carbonyl (C=O) groups excluding carboxylic acids is 1. The molecule has 0 aliphatic carbocycles. The van der Waals surface area contributed by atoms with E-state index in [0.717, 1.165) is 17.7 Å². The van der Waals surface area contributed by atoms with E-state index in [-0.39, 0.29) is 11.3 Å². The number of halogens is 3. The number of nitrogens with one attached hydrogen (secondary N) is 1. The molecule has 0 saturated heterocycles. The maximum atomic E-state index is 13.0. The van der Waals surface area contributed by atoms with E-state index in [1.165, 1.54) is 23.0 Å². The molecule has 2 aromatic heterocycles. The van der Waals surface area contributed by atoms with Gasteiger partial charge < -0.3 is 14.5 Å². The summed E-state index contributed by atoms with van der Waals surface area (Å²) in [5, 5.41) is 6.91. The highest BCUT2D eigenvalue weighted by Crippen LogP contribution is 2.30. The molecule has 0 unspecified atom stereocenters. The van der Waals surface area contributed by atoms with Gasteiger partial charge in [0, 0.05) is 5.69 Å². The maximum absolute atomic E-state index is 13.0. The van der Waals surface area contributed by atoms with Gasteiger partial charge in [0.15, 0.2) is 0 Å². The number of aromatic nitrogens is 2. The number of alkyl halides is 3. The summed E-state index contributed by atoms with van der Waals surface area (Å²) in [4.78, 5) is 12.8. The summed E-state index contributed by atoms with van der Waals surface area (Å²) in [5.74, 6) is 0.298. The second kappa shape index (κ2) is 9.33. The topological polar surface area (TPSA) is 69.3 Å². The standard InChI is InChI=1S/C24H20F3N3O3/c1-16-22(13-28-30(16)20-8-3-6-18(12-20)24(25,26)27)23(31)29-19-7-2-5-17(11-19)14-32-15-21-9-4-10-33-21/h2-13H,14-15H2,1H3,(H,29,31). The van der Waals surface area contributed by atoms with E-state index >= 15 is 0 Å². The Labute approximate surface area is 187 Å². The minimum atomic E-state index is -4.47. The molecule has 0 fully saturated rings. The molecule has 2 heterocycles. The predicted octanol–water partition coefficient (Wildman–Crippen LogP) is 5.76. The maximum Gasteiger partial charge on any atom is 0.416 e. The molecule has 0 radical (unpaired) electrons. The SMILES string of the molecule is Cc1c(C(=O)Nc2cccc(COCc3ccco3)c2)cnn1-c1cccc(C(F)(F)F)c1. The Morgan fingerprint density at radius 3 is 2.67 bits per heavy atom. The van der Waals surface area contributed by atoms with E-state index in [9.17, 15) is 18.0 Å². The number of nitrogens with zero attached hydrogens (tertiary/aromatic N) is 2. The van der Waals surface area contributed by atoms with E-state index in [0.29, 0.717) is 30.4 Å². The third-order valence-electron chi connectivity index (χ3n) is 4.95. The Bertz CT molecular complexity index is 1250. The Balaban J connectivity index is 1.45. The highest BCUT2D eigenvalue weighted by atomic mass is 19.4. The molecular weight excluding hydrogens is 435 g/mol. The summed E-state index contributed by atoms with van der Waals surface area (Å²) < 4.78 is 51.2. The first-order chi connectivity index (χ1) is 15.8. The lowest BCUT2D eigenvalue weighted by molar-refractivity contribution is -0.137. The molecular formula is C24H20F3N3O3. The quantitative estimate of drug-likeness (QED) is 0.385. The number of furan rings is 1. The molecule has 0 spiro atoms. The van der Waals surface area contributed by atoms with Gasteiger partial charge in [-0.15, -0.1) is 0 Å². The first-order valence-corrected chi connectivity index (χ1v) is 10.0. The first-order valence-electron chi connectivity index (χ1n) is 10.0. The predicted molar refractivity (Wildman–Crippen MR) is 115 cm³/mol. The molecule has 9 heteroatoms. The number of ether oxygens (including phenoxy) is 1. The van der Waals surface area contributed by atoms with Crippen LogP contribution in [0.15, 0.2) is 77.5 Å². The molecule has 0 atom stereocenters. The van der Waals surface area contributed by atoms with Gasteiger partial charge in [-0.1, -0.05) is 18.2 Å². The Morgan fingerprint density at radius 1 is 1.09 bits per heavy atom. The lowest BCUT2D eigenvalue weighted by Gasteiger charge is -2.10. The third-order valence-corrected chi connectivity index (χ3v) is 4.95. The second-order valence-electron chi connectivity index (χ2n) is 7.33. The van der Waals surface area contributed by atoms with Crippen LogP contribution >= 0.6 is 0 Å². The highest BCUT2D eigenvalue weighted by molar-refractivity contribution is 6.05. The lowest BCUT2D eigenvalue weighted by Crippen LogP contribution is -2.13. The van der Waals surface area contributed by atoms with Crippen molar-refractivity contribution in [2.24, 2.45) is 0 Å². The van der Waals surface area contributed by atoms with Gasteiger partial charge in [0.2, 0.25) is 0 Å². The van der Waals surface area contributed by atoms with Crippen LogP contribution in [0.1, 0.15) is 32.9 Å². The molecule has 2 aromatic carbocycles. The van der Waals surface area contributed by atoms with Crippen LogP contribution in [0.5, 0.6) is 0 Å². The van der Waals surface area contributed by atoms with E-state index in [1.807, 2.05) is 12.1 Å². The molecule has 170 valence electrons. The van der Waals surface area contributed by atoms with Gasteiger partial charge in [-0.25, -0.2) is 4.68 Å². The highest BCUT2D eigenvalue weighted by Gasteiger charge is 2.30. The van der Waals surface area contributed by atoms with Gasteiger partial charge in [-0.3, -0.25) is 4.79 Å². The number of carbonyl (C=O) groups is 1. The van der Waals surface area contributed by atoms with Crippen LogP contribution in [0, 0.1) is 6.92 Å². The van der Waals surface area contributed by atoms with Crippen molar-refractivity contribution in [2.75, 3.05) is 5.32 Å². The van der Waals surface area contributed by atoms with Crippen molar-refractivity contribution in [3.05, 3.63) is 101 Å². The van der Waals surface area contributed by atoms with E-state index < -0.39 is 17.6 Å². The van der Waals surface area contributed by atoms with Crippen LogP contribution in [-0.2, 0) is 24.1 Å². The van der Waals surface area contributed by atoms with Gasteiger partial charge in [0.25, 0.3) is 5.91 Å². The molecule has 1 N–H and O–H groups in total. The summed E-state index contributed by atoms with van der Waals surface area (Å²) in [6, 6.07) is 15.6. The van der Waals surface area contributed by atoms with Gasteiger partial charge in [-0.2, -0.15) is 18.3 Å². The zero-order chi connectivity index (χ0) is 23.4. The summed E-state index contributed by atoms with van der Waals surface area (Å²) >= 11 is 0. The fourth-order valence-corrected chi connectivity index (χ4v) is 3.31. The lowest BCUT2D eigenvalue weighted by atomic mass is 10.1. The molecule has 4 rings (SSSR count). The molecule has 0 bridgehead atoms. The zero-order valence-corrected chi connectivity index (χ0v) is 17.6. The Morgan fingerprint density at radius 2 is 1.91 bits per heavy atom. The molecule has 4 aromatic rings. The third kappa shape index (κ3) is 5.32. The average Bonchev–Trinajstić information content (AvgIpc) is 3.43. The fourth-order valence-electron chi connectivity index (χ4n) is 3.31. The summed E-state index contributed by atoms with van der Waals surface area (Å²) in [7, 11) is 0. The van der Waals surface area contributed by atoms with Crippen molar-refractivity contribution in [2.45, 2.75) is 26.3 Å². The van der Waals surface area contributed by atoms with E-state index in [4.69, 9.17) is 9.15 Å². The van der Waals surface area contributed by atoms with E-state index in [1.54, 1.807) is 37.5 Å².